The maximum atomic E-state index is 12.1. The standard InChI is InChI=1S/C13H18N2O3/c1-15(8-9-4-2-3-5-12(9)17)13(18)11-6-10(16)7-14-11/h2-5,10-11,14,16-17H,6-8H2,1H3. The van der Waals surface area contributed by atoms with E-state index < -0.39 is 6.10 Å². The minimum Gasteiger partial charge on any atom is -0.508 e. The third-order valence-electron chi connectivity index (χ3n) is 3.18. The Hall–Kier alpha value is -1.59. The molecule has 2 rings (SSSR count). The molecule has 0 aromatic heterocycles. The van der Waals surface area contributed by atoms with Crippen LogP contribution in [0.1, 0.15) is 12.0 Å². The molecule has 1 aromatic carbocycles. The van der Waals surface area contributed by atoms with Crippen LogP contribution >= 0.6 is 0 Å². The van der Waals surface area contributed by atoms with Gasteiger partial charge in [0, 0.05) is 25.7 Å². The summed E-state index contributed by atoms with van der Waals surface area (Å²) in [5, 5.41) is 22.0. The van der Waals surface area contributed by atoms with Crippen LogP contribution in [0.25, 0.3) is 0 Å². The number of amides is 1. The highest BCUT2D eigenvalue weighted by atomic mass is 16.3. The Morgan fingerprint density at radius 1 is 1.50 bits per heavy atom. The zero-order chi connectivity index (χ0) is 13.1. The lowest BCUT2D eigenvalue weighted by molar-refractivity contribution is -0.132. The van der Waals surface area contributed by atoms with E-state index in [4.69, 9.17) is 0 Å². The molecule has 1 fully saturated rings. The number of nitrogens with zero attached hydrogens (tertiary/aromatic N) is 1. The summed E-state index contributed by atoms with van der Waals surface area (Å²) in [4.78, 5) is 13.6. The topological polar surface area (TPSA) is 72.8 Å². The zero-order valence-corrected chi connectivity index (χ0v) is 10.3. The highest BCUT2D eigenvalue weighted by molar-refractivity contribution is 5.82. The number of hydrogen-bond donors (Lipinski definition) is 3. The Bertz CT molecular complexity index is 436. The number of carbonyl (C=O) groups is 1. The quantitative estimate of drug-likeness (QED) is 0.710. The lowest BCUT2D eigenvalue weighted by Crippen LogP contribution is -2.41. The van der Waals surface area contributed by atoms with Crippen molar-refractivity contribution in [2.24, 2.45) is 0 Å². The molecule has 2 atom stereocenters. The molecule has 5 heteroatoms. The van der Waals surface area contributed by atoms with Gasteiger partial charge in [0.2, 0.25) is 5.91 Å². The van der Waals surface area contributed by atoms with Gasteiger partial charge >= 0.3 is 0 Å². The van der Waals surface area contributed by atoms with Crippen LogP contribution in [0.2, 0.25) is 0 Å². The number of aliphatic hydroxyl groups excluding tert-OH is 1. The molecule has 5 nitrogen and oxygen atoms in total. The second-order valence-corrected chi connectivity index (χ2v) is 4.67. The molecule has 1 amide bonds. The molecule has 3 N–H and O–H groups in total. The number of likely N-dealkylation sites (N-methyl/N-ethyl adjacent to an activating group) is 1. The number of carbonyl (C=O) groups excluding carboxylic acids is 1. The summed E-state index contributed by atoms with van der Waals surface area (Å²) in [6.45, 7) is 0.820. The molecule has 1 aliphatic rings. The molecule has 1 heterocycles. The van der Waals surface area contributed by atoms with Gasteiger partial charge in [-0.1, -0.05) is 18.2 Å². The van der Waals surface area contributed by atoms with E-state index in [9.17, 15) is 15.0 Å². The van der Waals surface area contributed by atoms with Crippen molar-refractivity contribution in [1.29, 1.82) is 0 Å². The minimum absolute atomic E-state index is 0.0604. The van der Waals surface area contributed by atoms with Gasteiger partial charge in [0.1, 0.15) is 5.75 Å². The van der Waals surface area contributed by atoms with Crippen LogP contribution in [0.3, 0.4) is 0 Å². The molecule has 18 heavy (non-hydrogen) atoms. The summed E-state index contributed by atoms with van der Waals surface area (Å²) in [6, 6.07) is 6.64. The van der Waals surface area contributed by atoms with Gasteiger partial charge < -0.3 is 20.4 Å². The van der Waals surface area contributed by atoms with E-state index in [0.29, 0.717) is 25.1 Å². The molecule has 1 aliphatic heterocycles. The predicted molar refractivity (Wildman–Crippen MR) is 67.0 cm³/mol. The van der Waals surface area contributed by atoms with Crippen molar-refractivity contribution < 1.29 is 15.0 Å². The summed E-state index contributed by atoms with van der Waals surface area (Å²) in [7, 11) is 1.70. The van der Waals surface area contributed by atoms with Crippen molar-refractivity contribution in [2.75, 3.05) is 13.6 Å². The smallest absolute Gasteiger partial charge is 0.239 e. The van der Waals surface area contributed by atoms with E-state index in [1.54, 1.807) is 30.1 Å². The minimum atomic E-state index is -0.447. The van der Waals surface area contributed by atoms with Gasteiger partial charge in [-0.2, -0.15) is 0 Å². The fourth-order valence-corrected chi connectivity index (χ4v) is 2.15. The molecule has 2 unspecified atom stereocenters. The molecule has 98 valence electrons. The number of phenols is 1. The van der Waals surface area contributed by atoms with Crippen molar-refractivity contribution in [2.45, 2.75) is 25.1 Å². The average molecular weight is 250 g/mol. The van der Waals surface area contributed by atoms with Crippen LogP contribution < -0.4 is 5.32 Å². The van der Waals surface area contributed by atoms with Gasteiger partial charge in [-0.3, -0.25) is 4.79 Å². The van der Waals surface area contributed by atoms with E-state index >= 15 is 0 Å². The van der Waals surface area contributed by atoms with Crippen LogP contribution in [0.15, 0.2) is 24.3 Å². The Labute approximate surface area is 106 Å². The van der Waals surface area contributed by atoms with Gasteiger partial charge in [-0.15, -0.1) is 0 Å². The van der Waals surface area contributed by atoms with Crippen molar-refractivity contribution in [1.82, 2.24) is 10.2 Å². The molecule has 0 bridgehead atoms. The SMILES string of the molecule is CN(Cc1ccccc1O)C(=O)C1CC(O)CN1. The third-order valence-corrected chi connectivity index (χ3v) is 3.18. The lowest BCUT2D eigenvalue weighted by atomic mass is 10.1. The molecule has 0 aliphatic carbocycles. The second-order valence-electron chi connectivity index (χ2n) is 4.67. The molecule has 0 radical (unpaired) electrons. The molecular weight excluding hydrogens is 232 g/mol. The predicted octanol–water partition coefficient (Wildman–Crippen LogP) is 0.0734. The molecule has 1 aromatic rings. The number of rotatable bonds is 3. The van der Waals surface area contributed by atoms with E-state index in [-0.39, 0.29) is 17.7 Å². The van der Waals surface area contributed by atoms with Crippen LogP contribution in [-0.4, -0.2) is 46.8 Å². The van der Waals surface area contributed by atoms with Gasteiger partial charge in [-0.05, 0) is 12.5 Å². The Balaban J connectivity index is 1.98. The zero-order valence-electron chi connectivity index (χ0n) is 10.3. The fourth-order valence-electron chi connectivity index (χ4n) is 2.15. The number of phenolic OH excluding ortho intramolecular Hbond substituents is 1. The van der Waals surface area contributed by atoms with E-state index in [1.165, 1.54) is 0 Å². The van der Waals surface area contributed by atoms with Crippen molar-refractivity contribution in [3.8, 4) is 5.75 Å². The largest absolute Gasteiger partial charge is 0.508 e. The lowest BCUT2D eigenvalue weighted by Gasteiger charge is -2.21. The van der Waals surface area contributed by atoms with Crippen molar-refractivity contribution in [3.63, 3.8) is 0 Å². The second kappa shape index (κ2) is 5.37. The first-order chi connectivity index (χ1) is 8.58. The summed E-state index contributed by atoms with van der Waals surface area (Å²) in [5.41, 5.74) is 0.715. The average Bonchev–Trinajstić information content (AvgIpc) is 2.78. The summed E-state index contributed by atoms with van der Waals surface area (Å²) >= 11 is 0. The maximum absolute atomic E-state index is 12.1. The maximum Gasteiger partial charge on any atom is 0.239 e. The Morgan fingerprint density at radius 2 is 2.22 bits per heavy atom. The van der Waals surface area contributed by atoms with Crippen LogP contribution in [-0.2, 0) is 11.3 Å². The highest BCUT2D eigenvalue weighted by Crippen LogP contribution is 2.18. The number of para-hydroxylation sites is 1. The fraction of sp³-hybridized carbons (Fsp3) is 0.462. The molecule has 0 saturated carbocycles. The van der Waals surface area contributed by atoms with E-state index in [1.807, 2.05) is 6.07 Å². The number of nitrogens with one attached hydrogen (secondary N) is 1. The van der Waals surface area contributed by atoms with E-state index in [2.05, 4.69) is 5.32 Å². The molecule has 0 spiro atoms. The van der Waals surface area contributed by atoms with Crippen molar-refractivity contribution >= 4 is 5.91 Å². The first kappa shape index (κ1) is 12.9. The Kier molecular flexibility index (Phi) is 3.84. The third kappa shape index (κ3) is 2.80. The first-order valence-corrected chi connectivity index (χ1v) is 6.01. The molecular formula is C13H18N2O3. The first-order valence-electron chi connectivity index (χ1n) is 6.01. The van der Waals surface area contributed by atoms with Crippen LogP contribution in [0.4, 0.5) is 0 Å². The normalized spacial score (nSPS) is 23.0. The van der Waals surface area contributed by atoms with Gasteiger partial charge in [-0.25, -0.2) is 0 Å². The number of β-amino-alcohol motifs (C(OH)–C–C–N with tert-alkyl or cyclic N) is 1. The summed E-state index contributed by atoms with van der Waals surface area (Å²) < 4.78 is 0. The molecule has 1 saturated heterocycles. The summed E-state index contributed by atoms with van der Waals surface area (Å²) in [5.74, 6) is 0.131. The van der Waals surface area contributed by atoms with Gasteiger partial charge in [0.25, 0.3) is 0 Å². The van der Waals surface area contributed by atoms with Crippen LogP contribution in [0, 0.1) is 0 Å². The van der Waals surface area contributed by atoms with Gasteiger partial charge in [0.05, 0.1) is 12.1 Å². The monoisotopic (exact) mass is 250 g/mol. The van der Waals surface area contributed by atoms with Crippen LogP contribution in [0.5, 0.6) is 5.75 Å². The number of benzene rings is 1. The number of aliphatic hydroxyl groups is 1. The summed E-state index contributed by atoms with van der Waals surface area (Å²) in [6.07, 6.45) is 0.00158. The number of hydrogen-bond acceptors (Lipinski definition) is 4. The van der Waals surface area contributed by atoms with Crippen molar-refractivity contribution in [3.05, 3.63) is 29.8 Å². The van der Waals surface area contributed by atoms with E-state index in [0.717, 1.165) is 0 Å². The van der Waals surface area contributed by atoms with Gasteiger partial charge in [0.15, 0.2) is 0 Å². The number of aromatic hydroxyl groups is 1. The Morgan fingerprint density at radius 3 is 2.83 bits per heavy atom. The highest BCUT2D eigenvalue weighted by Gasteiger charge is 2.30.